The Morgan fingerprint density at radius 3 is 2.08 bits per heavy atom. The maximum atomic E-state index is 5.51. The highest BCUT2D eigenvalue weighted by Crippen LogP contribution is 2.03. The van der Waals surface area contributed by atoms with E-state index in [-0.39, 0.29) is 5.54 Å². The zero-order valence-electron chi connectivity index (χ0n) is 9.62. The number of hydrogen-bond acceptors (Lipinski definition) is 4. The van der Waals surface area contributed by atoms with Gasteiger partial charge in [-0.05, 0) is 34.4 Å². The molecule has 0 heterocycles. The summed E-state index contributed by atoms with van der Waals surface area (Å²) in [6.45, 7) is 9.35. The first-order valence-electron chi connectivity index (χ1n) is 4.67. The van der Waals surface area contributed by atoms with Crippen LogP contribution in [0.25, 0.3) is 0 Å². The van der Waals surface area contributed by atoms with Gasteiger partial charge >= 0.3 is 8.80 Å². The van der Waals surface area contributed by atoms with E-state index in [1.165, 1.54) is 0 Å². The predicted octanol–water partition coefficient (Wildman–Crippen LogP) is 0.285. The van der Waals surface area contributed by atoms with Crippen molar-refractivity contribution in [1.82, 2.24) is 14.9 Å². The highest BCUT2D eigenvalue weighted by molar-refractivity contribution is 6.66. The Balaban J connectivity index is 4.38. The summed E-state index contributed by atoms with van der Waals surface area (Å²) in [7, 11) is 1.51. The summed E-state index contributed by atoms with van der Waals surface area (Å²) in [5, 5.41) is 0. The maximum absolute atomic E-state index is 5.51. The Morgan fingerprint density at radius 2 is 1.85 bits per heavy atom. The lowest BCUT2D eigenvalue weighted by molar-refractivity contribution is 0.324. The third-order valence-corrected chi connectivity index (χ3v) is 4.91. The molecule has 0 rings (SSSR count). The van der Waals surface area contributed by atoms with Crippen molar-refractivity contribution in [2.24, 2.45) is 0 Å². The fourth-order valence-electron chi connectivity index (χ4n) is 1.20. The third kappa shape index (κ3) is 4.73. The quantitative estimate of drug-likeness (QED) is 0.564. The minimum Gasteiger partial charge on any atom is -0.383 e. The summed E-state index contributed by atoms with van der Waals surface area (Å²) in [5.41, 5.74) is 0.0490. The lowest BCUT2D eigenvalue weighted by Gasteiger charge is -2.35. The van der Waals surface area contributed by atoms with Crippen LogP contribution in [0, 0.1) is 0 Å². The van der Waals surface area contributed by atoms with Crippen molar-refractivity contribution in [3.05, 3.63) is 0 Å². The van der Waals surface area contributed by atoms with E-state index in [4.69, 9.17) is 4.43 Å². The normalized spacial score (nSPS) is 17.1. The van der Waals surface area contributed by atoms with Gasteiger partial charge in [0.25, 0.3) is 0 Å². The van der Waals surface area contributed by atoms with E-state index in [1.54, 1.807) is 7.11 Å². The molecule has 5 heteroatoms. The van der Waals surface area contributed by atoms with E-state index in [1.807, 2.05) is 7.05 Å². The van der Waals surface area contributed by atoms with Crippen molar-refractivity contribution >= 4 is 8.80 Å². The van der Waals surface area contributed by atoms with Gasteiger partial charge in [-0.3, -0.25) is 14.9 Å². The first kappa shape index (κ1) is 13.1. The molecule has 13 heavy (non-hydrogen) atoms. The number of hydrogen-bond donors (Lipinski definition) is 3. The monoisotopic (exact) mass is 205 g/mol. The van der Waals surface area contributed by atoms with Crippen LogP contribution < -0.4 is 14.9 Å². The average molecular weight is 205 g/mol. The molecule has 3 N–H and O–H groups in total. The van der Waals surface area contributed by atoms with Gasteiger partial charge in [-0.1, -0.05) is 6.92 Å². The molecule has 1 atom stereocenters. The number of nitrogens with one attached hydrogen (secondary N) is 3. The lowest BCUT2D eigenvalue weighted by Crippen LogP contribution is -2.76. The predicted molar refractivity (Wildman–Crippen MR) is 58.4 cm³/mol. The van der Waals surface area contributed by atoms with Crippen LogP contribution in [0.2, 0.25) is 0 Å². The third-order valence-electron chi connectivity index (χ3n) is 1.64. The SMILES string of the molecule is CCN[Si](NC)(NC(C)(C)C)OC. The average Bonchev–Trinajstić information content (AvgIpc) is 2.01. The molecule has 0 fully saturated rings. The molecule has 0 saturated carbocycles. The highest BCUT2D eigenvalue weighted by Gasteiger charge is 2.37. The fourth-order valence-corrected chi connectivity index (χ4v) is 3.59. The molecule has 0 aromatic carbocycles. The van der Waals surface area contributed by atoms with Crippen molar-refractivity contribution < 1.29 is 4.43 Å². The molecule has 0 aliphatic carbocycles. The lowest BCUT2D eigenvalue weighted by atomic mass is 10.1. The first-order valence-corrected chi connectivity index (χ1v) is 6.58. The van der Waals surface area contributed by atoms with Crippen LogP contribution in [0.15, 0.2) is 0 Å². The number of rotatable bonds is 5. The molecular weight excluding hydrogens is 182 g/mol. The largest absolute Gasteiger partial charge is 0.439 e. The van der Waals surface area contributed by atoms with Gasteiger partial charge in [-0.2, -0.15) is 0 Å². The van der Waals surface area contributed by atoms with E-state index in [9.17, 15) is 0 Å². The second-order valence-electron chi connectivity index (χ2n) is 4.04. The summed E-state index contributed by atoms with van der Waals surface area (Å²) < 4.78 is 5.51. The first-order chi connectivity index (χ1) is 5.89. The molecule has 0 aromatic heterocycles. The molecule has 4 nitrogen and oxygen atoms in total. The second kappa shape index (κ2) is 5.07. The summed E-state index contributed by atoms with van der Waals surface area (Å²) in [6.07, 6.45) is 0. The Bertz CT molecular complexity index is 143. The molecule has 0 spiro atoms. The zero-order valence-corrected chi connectivity index (χ0v) is 10.6. The van der Waals surface area contributed by atoms with Crippen molar-refractivity contribution in [2.75, 3.05) is 20.7 Å². The van der Waals surface area contributed by atoms with Gasteiger partial charge in [0.2, 0.25) is 0 Å². The van der Waals surface area contributed by atoms with Crippen molar-refractivity contribution in [3.8, 4) is 0 Å². The molecule has 1 unspecified atom stereocenters. The van der Waals surface area contributed by atoms with Gasteiger partial charge in [-0.25, -0.2) is 0 Å². The second-order valence-corrected chi connectivity index (χ2v) is 6.91. The van der Waals surface area contributed by atoms with E-state index < -0.39 is 8.80 Å². The molecule has 0 saturated heterocycles. The van der Waals surface area contributed by atoms with E-state index in [0.29, 0.717) is 0 Å². The summed E-state index contributed by atoms with van der Waals surface area (Å²) in [5.74, 6) is 0. The van der Waals surface area contributed by atoms with Crippen LogP contribution in [-0.4, -0.2) is 35.0 Å². The fraction of sp³-hybridized carbons (Fsp3) is 1.00. The van der Waals surface area contributed by atoms with E-state index in [0.717, 1.165) is 6.54 Å². The molecule has 0 aliphatic heterocycles. The van der Waals surface area contributed by atoms with E-state index in [2.05, 4.69) is 42.6 Å². The van der Waals surface area contributed by atoms with Crippen LogP contribution in [-0.2, 0) is 4.43 Å². The molecule has 0 bridgehead atoms. The van der Waals surface area contributed by atoms with Gasteiger partial charge in [0.15, 0.2) is 0 Å². The maximum Gasteiger partial charge on any atom is 0.439 e. The van der Waals surface area contributed by atoms with E-state index >= 15 is 0 Å². The highest BCUT2D eigenvalue weighted by atomic mass is 28.4. The Hall–Kier alpha value is 0.0569. The van der Waals surface area contributed by atoms with Crippen LogP contribution in [0.3, 0.4) is 0 Å². The molecule has 80 valence electrons. The zero-order chi connectivity index (χ0) is 10.5. The minimum absolute atomic E-state index is 0.0490. The smallest absolute Gasteiger partial charge is 0.383 e. The summed E-state index contributed by atoms with van der Waals surface area (Å²) in [4.78, 5) is 10.0. The molecule has 0 radical (unpaired) electrons. The Kier molecular flexibility index (Phi) is 5.09. The van der Waals surface area contributed by atoms with Crippen molar-refractivity contribution in [2.45, 2.75) is 33.2 Å². The van der Waals surface area contributed by atoms with Crippen LogP contribution in [0.1, 0.15) is 27.7 Å². The Morgan fingerprint density at radius 1 is 1.31 bits per heavy atom. The van der Waals surface area contributed by atoms with Gasteiger partial charge in [0, 0.05) is 12.6 Å². The van der Waals surface area contributed by atoms with Gasteiger partial charge in [-0.15, -0.1) is 0 Å². The van der Waals surface area contributed by atoms with Crippen molar-refractivity contribution in [1.29, 1.82) is 0 Å². The summed E-state index contributed by atoms with van der Waals surface area (Å²) >= 11 is 0. The van der Waals surface area contributed by atoms with Crippen molar-refractivity contribution in [3.63, 3.8) is 0 Å². The molecule has 0 amide bonds. The van der Waals surface area contributed by atoms with Gasteiger partial charge in [0.1, 0.15) is 0 Å². The van der Waals surface area contributed by atoms with Gasteiger partial charge < -0.3 is 4.43 Å². The Labute approximate surface area is 82.8 Å². The van der Waals surface area contributed by atoms with Crippen LogP contribution in [0.4, 0.5) is 0 Å². The van der Waals surface area contributed by atoms with Gasteiger partial charge in [0.05, 0.1) is 0 Å². The summed E-state index contributed by atoms with van der Waals surface area (Å²) in [6, 6.07) is 0. The minimum atomic E-state index is -2.13. The molecule has 0 aromatic rings. The topological polar surface area (TPSA) is 45.3 Å². The standard InChI is InChI=1S/C8H23N3OSi/c1-7-10-13(9-5,12-6)11-8(2,3)4/h9-11H,7H2,1-6H3. The van der Waals surface area contributed by atoms with Crippen LogP contribution in [0.5, 0.6) is 0 Å². The molecular formula is C8H23N3OSi. The van der Waals surface area contributed by atoms with Crippen LogP contribution >= 0.6 is 0 Å². The molecule has 0 aliphatic rings.